The van der Waals surface area contributed by atoms with E-state index in [1.165, 1.54) is 30.7 Å². The summed E-state index contributed by atoms with van der Waals surface area (Å²) in [6.07, 6.45) is 3.54. The lowest BCUT2D eigenvalue weighted by Crippen LogP contribution is -2.41. The average Bonchev–Trinajstić information content (AvgIpc) is 3.29. The van der Waals surface area contributed by atoms with E-state index >= 15 is 0 Å². The Bertz CT molecular complexity index is 661. The van der Waals surface area contributed by atoms with Crippen LogP contribution in [0, 0.1) is 17.6 Å². The highest BCUT2D eigenvalue weighted by Crippen LogP contribution is 2.37. The first-order valence-electron chi connectivity index (χ1n) is 9.85. The highest BCUT2D eigenvalue weighted by Gasteiger charge is 2.29. The van der Waals surface area contributed by atoms with Crippen LogP contribution in [0.3, 0.4) is 0 Å². The van der Waals surface area contributed by atoms with Crippen LogP contribution in [-0.2, 0) is 0 Å². The number of halogens is 2. The lowest BCUT2D eigenvalue weighted by atomic mass is 10.1. The summed E-state index contributed by atoms with van der Waals surface area (Å²) in [6, 6.07) is 4.14. The lowest BCUT2D eigenvalue weighted by molar-refractivity contribution is 0.508. The molecule has 0 bridgehead atoms. The number of hydrogen-bond donors (Lipinski definition) is 2. The molecular formula is C20H30F2N4S. The normalized spacial score (nSPS) is 25.9. The first-order chi connectivity index (χ1) is 13.0. The fourth-order valence-electron chi connectivity index (χ4n) is 3.71. The monoisotopic (exact) mass is 396 g/mol. The summed E-state index contributed by atoms with van der Waals surface area (Å²) in [7, 11) is 0. The van der Waals surface area contributed by atoms with E-state index in [4.69, 9.17) is 4.99 Å². The van der Waals surface area contributed by atoms with Crippen LogP contribution in [0.15, 0.2) is 23.2 Å². The number of rotatable bonds is 6. The van der Waals surface area contributed by atoms with Gasteiger partial charge in [0.15, 0.2) is 17.6 Å². The van der Waals surface area contributed by atoms with E-state index in [9.17, 15) is 8.78 Å². The molecule has 27 heavy (non-hydrogen) atoms. The van der Waals surface area contributed by atoms with Crippen molar-refractivity contribution in [1.82, 2.24) is 10.6 Å². The van der Waals surface area contributed by atoms with Gasteiger partial charge in [0.25, 0.3) is 0 Å². The van der Waals surface area contributed by atoms with E-state index in [-0.39, 0.29) is 4.75 Å². The number of nitrogens with one attached hydrogen (secondary N) is 2. The lowest BCUT2D eigenvalue weighted by Gasteiger charge is -2.22. The molecule has 1 aromatic rings. The van der Waals surface area contributed by atoms with Crippen molar-refractivity contribution < 1.29 is 8.78 Å². The van der Waals surface area contributed by atoms with Crippen molar-refractivity contribution in [3.8, 4) is 0 Å². The van der Waals surface area contributed by atoms with Crippen LogP contribution in [-0.4, -0.2) is 49.2 Å². The van der Waals surface area contributed by atoms with Gasteiger partial charge in [-0.3, -0.25) is 4.99 Å². The van der Waals surface area contributed by atoms with Crippen LogP contribution in [0.25, 0.3) is 0 Å². The molecule has 2 aliphatic heterocycles. The van der Waals surface area contributed by atoms with Gasteiger partial charge < -0.3 is 15.5 Å². The SMILES string of the molecule is CCNC(=NCC1(C)CCCS1)NCC1CCN(c2ccc(F)c(F)c2)C1. The van der Waals surface area contributed by atoms with Crippen molar-refractivity contribution in [3.63, 3.8) is 0 Å². The molecule has 2 fully saturated rings. The third kappa shape index (κ3) is 5.50. The predicted octanol–water partition coefficient (Wildman–Crippen LogP) is 3.63. The van der Waals surface area contributed by atoms with Crippen molar-refractivity contribution in [1.29, 1.82) is 0 Å². The molecule has 3 rings (SSSR count). The van der Waals surface area contributed by atoms with Gasteiger partial charge in [-0.25, -0.2) is 8.78 Å². The molecule has 7 heteroatoms. The fourth-order valence-corrected chi connectivity index (χ4v) is 4.93. The van der Waals surface area contributed by atoms with Crippen molar-refractivity contribution in [2.24, 2.45) is 10.9 Å². The van der Waals surface area contributed by atoms with Crippen LogP contribution in [0.1, 0.15) is 33.1 Å². The Hall–Kier alpha value is -1.50. The van der Waals surface area contributed by atoms with E-state index in [1.54, 1.807) is 6.07 Å². The maximum Gasteiger partial charge on any atom is 0.191 e. The number of hydrogen-bond acceptors (Lipinski definition) is 3. The van der Waals surface area contributed by atoms with Gasteiger partial charge in [-0.1, -0.05) is 0 Å². The minimum absolute atomic E-state index is 0.263. The second kappa shape index (κ2) is 9.13. The maximum absolute atomic E-state index is 13.5. The Balaban J connectivity index is 1.51. The predicted molar refractivity (Wildman–Crippen MR) is 111 cm³/mol. The summed E-state index contributed by atoms with van der Waals surface area (Å²) >= 11 is 2.02. The molecule has 1 aromatic carbocycles. The van der Waals surface area contributed by atoms with Crippen LogP contribution in [0.4, 0.5) is 14.5 Å². The number of anilines is 1. The van der Waals surface area contributed by atoms with Crippen LogP contribution in [0.5, 0.6) is 0 Å². The molecule has 0 amide bonds. The van der Waals surface area contributed by atoms with Crippen molar-refractivity contribution in [2.75, 3.05) is 43.4 Å². The number of thioether (sulfide) groups is 1. The van der Waals surface area contributed by atoms with Gasteiger partial charge in [-0.05, 0) is 56.9 Å². The van der Waals surface area contributed by atoms with Gasteiger partial charge >= 0.3 is 0 Å². The highest BCUT2D eigenvalue weighted by atomic mass is 32.2. The molecule has 0 aliphatic carbocycles. The zero-order valence-electron chi connectivity index (χ0n) is 16.2. The summed E-state index contributed by atoms with van der Waals surface area (Å²) < 4.78 is 26.9. The molecule has 2 unspecified atom stereocenters. The number of benzene rings is 1. The fraction of sp³-hybridized carbons (Fsp3) is 0.650. The van der Waals surface area contributed by atoms with Gasteiger partial charge in [0, 0.05) is 42.7 Å². The molecule has 0 saturated carbocycles. The molecule has 0 spiro atoms. The van der Waals surface area contributed by atoms with E-state index in [0.29, 0.717) is 5.92 Å². The molecule has 2 atom stereocenters. The summed E-state index contributed by atoms with van der Waals surface area (Å²) in [5.74, 6) is 0.985. The van der Waals surface area contributed by atoms with Crippen molar-refractivity contribution in [3.05, 3.63) is 29.8 Å². The Morgan fingerprint density at radius 2 is 2.19 bits per heavy atom. The molecule has 0 radical (unpaired) electrons. The van der Waals surface area contributed by atoms with Gasteiger partial charge in [-0.15, -0.1) is 0 Å². The van der Waals surface area contributed by atoms with Crippen LogP contribution in [0.2, 0.25) is 0 Å². The first-order valence-corrected chi connectivity index (χ1v) is 10.8. The highest BCUT2D eigenvalue weighted by molar-refractivity contribution is 8.00. The standard InChI is InChI=1S/C20H30F2N4S/c1-3-23-19(25-14-20(2)8-4-10-27-20)24-12-15-7-9-26(13-15)16-5-6-17(21)18(22)11-16/h5-6,11,15H,3-4,7-10,12-14H2,1-2H3,(H2,23,24,25). The molecule has 2 saturated heterocycles. The van der Waals surface area contributed by atoms with E-state index in [2.05, 4.69) is 29.4 Å². The van der Waals surface area contributed by atoms with E-state index < -0.39 is 11.6 Å². The molecule has 2 N–H and O–H groups in total. The Kier molecular flexibility index (Phi) is 6.84. The zero-order valence-corrected chi connectivity index (χ0v) is 17.0. The summed E-state index contributed by atoms with van der Waals surface area (Å²) in [5, 5.41) is 6.79. The number of nitrogens with zero attached hydrogens (tertiary/aromatic N) is 2. The maximum atomic E-state index is 13.5. The second-order valence-electron chi connectivity index (χ2n) is 7.68. The number of guanidine groups is 1. The topological polar surface area (TPSA) is 39.7 Å². The quantitative estimate of drug-likeness (QED) is 0.569. The Labute approximate surface area is 165 Å². The van der Waals surface area contributed by atoms with Crippen molar-refractivity contribution >= 4 is 23.4 Å². The molecular weight excluding hydrogens is 366 g/mol. The van der Waals surface area contributed by atoms with Gasteiger partial charge in [-0.2, -0.15) is 11.8 Å². The summed E-state index contributed by atoms with van der Waals surface area (Å²) in [5.41, 5.74) is 0.753. The Morgan fingerprint density at radius 1 is 1.33 bits per heavy atom. The third-order valence-electron chi connectivity index (χ3n) is 5.33. The minimum Gasteiger partial charge on any atom is -0.371 e. The minimum atomic E-state index is -0.795. The molecule has 150 valence electrons. The zero-order chi connectivity index (χ0) is 19.3. The van der Waals surface area contributed by atoms with Crippen LogP contribution >= 0.6 is 11.8 Å². The molecule has 2 heterocycles. The largest absolute Gasteiger partial charge is 0.371 e. The average molecular weight is 397 g/mol. The van der Waals surface area contributed by atoms with Crippen LogP contribution < -0.4 is 15.5 Å². The van der Waals surface area contributed by atoms with Gasteiger partial charge in [0.2, 0.25) is 0 Å². The third-order valence-corrected chi connectivity index (χ3v) is 6.85. The van der Waals surface area contributed by atoms with E-state index in [1.807, 2.05) is 11.8 Å². The Morgan fingerprint density at radius 3 is 2.89 bits per heavy atom. The van der Waals surface area contributed by atoms with Gasteiger partial charge in [0.1, 0.15) is 0 Å². The molecule has 2 aliphatic rings. The summed E-state index contributed by atoms with van der Waals surface area (Å²) in [4.78, 5) is 6.92. The smallest absolute Gasteiger partial charge is 0.191 e. The molecule has 4 nitrogen and oxygen atoms in total. The second-order valence-corrected chi connectivity index (χ2v) is 9.36. The van der Waals surface area contributed by atoms with Crippen molar-refractivity contribution in [2.45, 2.75) is 37.9 Å². The van der Waals surface area contributed by atoms with Gasteiger partial charge in [0.05, 0.1) is 6.54 Å². The van der Waals surface area contributed by atoms with E-state index in [0.717, 1.165) is 50.8 Å². The molecule has 0 aromatic heterocycles. The number of aliphatic imine (C=N–C) groups is 1. The summed E-state index contributed by atoms with van der Waals surface area (Å²) in [6.45, 7) is 8.57. The first kappa shape index (κ1) is 20.2.